The van der Waals surface area contributed by atoms with Gasteiger partial charge in [0, 0.05) is 60.9 Å². The number of fused-ring (bicyclic) bond motifs is 5. The number of pyridine rings is 2. The molecule has 0 spiro atoms. The fourth-order valence-electron chi connectivity index (χ4n) is 5.09. The number of aromatic amines is 1. The molecule has 1 aromatic carbocycles. The lowest BCUT2D eigenvalue weighted by Gasteiger charge is -2.44. The van der Waals surface area contributed by atoms with Crippen LogP contribution in [0.25, 0.3) is 22.3 Å². The van der Waals surface area contributed by atoms with E-state index in [4.69, 9.17) is 0 Å². The Morgan fingerprint density at radius 1 is 0.966 bits per heavy atom. The van der Waals surface area contributed by atoms with Crippen molar-refractivity contribution in [2.45, 2.75) is 18.9 Å². The van der Waals surface area contributed by atoms with E-state index in [1.54, 1.807) is 12.4 Å². The highest BCUT2D eigenvalue weighted by Crippen LogP contribution is 2.38. The van der Waals surface area contributed by atoms with Gasteiger partial charge in [-0.25, -0.2) is 4.98 Å². The lowest BCUT2D eigenvalue weighted by Crippen LogP contribution is -2.47. The van der Waals surface area contributed by atoms with Gasteiger partial charge in [-0.15, -0.1) is 0 Å². The van der Waals surface area contributed by atoms with Crippen LogP contribution >= 0.6 is 0 Å². The number of aromatic nitrogens is 4. The number of hydrogen-bond donors (Lipinski definition) is 1. The number of H-pyrrole nitrogens is 1. The lowest BCUT2D eigenvalue weighted by atomic mass is 9.82. The topological polar surface area (TPSA) is 66.8 Å². The summed E-state index contributed by atoms with van der Waals surface area (Å²) in [6, 6.07) is 14.5. The van der Waals surface area contributed by atoms with Crippen molar-refractivity contribution in [3.05, 3.63) is 77.1 Å². The highest BCUT2D eigenvalue weighted by atomic mass is 16.1. The molecule has 2 aliphatic rings. The van der Waals surface area contributed by atoms with Gasteiger partial charge in [0.1, 0.15) is 5.82 Å². The molecule has 1 N–H and O–H groups in total. The number of nitrogens with zero attached hydrogens (tertiary/aromatic N) is 4. The maximum atomic E-state index is 13.2. The molecule has 3 aromatic heterocycles. The first-order chi connectivity index (χ1) is 14.3. The van der Waals surface area contributed by atoms with Crippen LogP contribution in [0, 0.1) is 5.92 Å². The summed E-state index contributed by atoms with van der Waals surface area (Å²) in [6.45, 7) is 2.64. The van der Waals surface area contributed by atoms with Gasteiger partial charge in [0.25, 0.3) is 5.56 Å². The quantitative estimate of drug-likeness (QED) is 0.576. The van der Waals surface area contributed by atoms with Crippen molar-refractivity contribution in [2.24, 2.45) is 5.92 Å². The molecule has 0 radical (unpaired) electrons. The number of piperidine rings is 1. The zero-order valence-electron chi connectivity index (χ0n) is 16.0. The van der Waals surface area contributed by atoms with Crippen molar-refractivity contribution in [1.29, 1.82) is 0 Å². The Bertz CT molecular complexity index is 1250. The second kappa shape index (κ2) is 6.30. The molecule has 6 heteroatoms. The fraction of sp³-hybridized carbons (Fsp3) is 0.261. The van der Waals surface area contributed by atoms with E-state index in [1.807, 2.05) is 22.9 Å². The minimum Gasteiger partial charge on any atom is -0.370 e. The standard InChI is InChI=1S/C23H21N5O/c29-23-18(22-25-9-10-26-22)5-6-20-16-11-15(13-28(20)23)12-27(14-16)21-7-8-24-19-4-2-1-3-17(19)21/h1-10,15-16H,11-14H2,(H,25,26)/t15-,16+/m0/s1. The first-order valence-corrected chi connectivity index (χ1v) is 10.1. The summed E-state index contributed by atoms with van der Waals surface area (Å²) in [7, 11) is 0. The highest BCUT2D eigenvalue weighted by molar-refractivity contribution is 5.91. The van der Waals surface area contributed by atoms with Crippen molar-refractivity contribution >= 4 is 16.6 Å². The zero-order valence-corrected chi connectivity index (χ0v) is 16.0. The number of benzene rings is 1. The van der Waals surface area contributed by atoms with Crippen LogP contribution in [0.15, 0.2) is 65.8 Å². The van der Waals surface area contributed by atoms with Gasteiger partial charge in [0.15, 0.2) is 0 Å². The van der Waals surface area contributed by atoms with Crippen molar-refractivity contribution in [3.63, 3.8) is 0 Å². The third-order valence-electron chi connectivity index (χ3n) is 6.32. The summed E-state index contributed by atoms with van der Waals surface area (Å²) >= 11 is 0. The van der Waals surface area contributed by atoms with Crippen LogP contribution < -0.4 is 10.5 Å². The monoisotopic (exact) mass is 383 g/mol. The molecule has 0 unspecified atom stereocenters. The molecule has 2 atom stereocenters. The van der Waals surface area contributed by atoms with Gasteiger partial charge in [-0.2, -0.15) is 0 Å². The first-order valence-electron chi connectivity index (χ1n) is 10.1. The van der Waals surface area contributed by atoms with Crippen molar-refractivity contribution < 1.29 is 0 Å². The average molecular weight is 383 g/mol. The molecular weight excluding hydrogens is 362 g/mol. The summed E-state index contributed by atoms with van der Waals surface area (Å²) in [5, 5.41) is 1.19. The molecule has 6 nitrogen and oxygen atoms in total. The number of nitrogens with one attached hydrogen (secondary N) is 1. The second-order valence-electron chi connectivity index (χ2n) is 8.08. The first kappa shape index (κ1) is 16.5. The predicted molar refractivity (Wildman–Crippen MR) is 113 cm³/mol. The molecule has 1 fully saturated rings. The molecule has 0 amide bonds. The van der Waals surface area contributed by atoms with Crippen LogP contribution in [-0.4, -0.2) is 32.6 Å². The Labute approximate surface area is 167 Å². The highest BCUT2D eigenvalue weighted by Gasteiger charge is 2.35. The molecule has 1 saturated heterocycles. The molecule has 0 saturated carbocycles. The van der Waals surface area contributed by atoms with Gasteiger partial charge in [-0.3, -0.25) is 9.78 Å². The van der Waals surface area contributed by atoms with E-state index in [9.17, 15) is 4.79 Å². The van der Waals surface area contributed by atoms with E-state index in [2.05, 4.69) is 50.2 Å². The molecule has 29 heavy (non-hydrogen) atoms. The second-order valence-corrected chi connectivity index (χ2v) is 8.08. The minimum atomic E-state index is 0.0648. The van der Waals surface area contributed by atoms with Gasteiger partial charge in [0.2, 0.25) is 0 Å². The zero-order chi connectivity index (χ0) is 19.4. The molecule has 144 valence electrons. The van der Waals surface area contributed by atoms with Crippen LogP contribution in [-0.2, 0) is 6.54 Å². The smallest absolute Gasteiger partial charge is 0.261 e. The van der Waals surface area contributed by atoms with Crippen LogP contribution in [0.1, 0.15) is 18.0 Å². The van der Waals surface area contributed by atoms with Crippen LogP contribution in [0.2, 0.25) is 0 Å². The fourth-order valence-corrected chi connectivity index (χ4v) is 5.09. The van der Waals surface area contributed by atoms with Gasteiger partial charge in [-0.05, 0) is 36.6 Å². The van der Waals surface area contributed by atoms with Crippen molar-refractivity contribution in [1.82, 2.24) is 19.5 Å². The predicted octanol–water partition coefficient (Wildman–Crippen LogP) is 3.41. The lowest BCUT2D eigenvalue weighted by molar-refractivity contribution is 0.282. The number of para-hydroxylation sites is 1. The minimum absolute atomic E-state index is 0.0648. The molecule has 4 aromatic rings. The van der Waals surface area contributed by atoms with E-state index < -0.39 is 0 Å². The van der Waals surface area contributed by atoms with E-state index in [0.717, 1.165) is 37.3 Å². The van der Waals surface area contributed by atoms with Gasteiger partial charge in [-0.1, -0.05) is 18.2 Å². The molecule has 6 rings (SSSR count). The number of imidazole rings is 1. The van der Waals surface area contributed by atoms with Gasteiger partial charge in [0.05, 0.1) is 11.1 Å². The number of rotatable bonds is 2. The normalized spacial score (nSPS) is 20.6. The summed E-state index contributed by atoms with van der Waals surface area (Å²) in [5.41, 5.74) is 4.13. The summed E-state index contributed by atoms with van der Waals surface area (Å²) < 4.78 is 1.98. The van der Waals surface area contributed by atoms with Crippen LogP contribution in [0.4, 0.5) is 5.69 Å². The number of anilines is 1. The molecule has 2 bridgehead atoms. The SMILES string of the molecule is O=c1c(-c2ncc[nH]2)ccc2n1C[C@H]1C[C@@H]2CN(c2ccnc3ccccc23)C1. The maximum absolute atomic E-state index is 13.2. The Morgan fingerprint density at radius 2 is 1.90 bits per heavy atom. The molecule has 2 aliphatic heterocycles. The Morgan fingerprint density at radius 3 is 2.79 bits per heavy atom. The van der Waals surface area contributed by atoms with Crippen molar-refractivity contribution in [2.75, 3.05) is 18.0 Å². The van der Waals surface area contributed by atoms with E-state index >= 15 is 0 Å². The summed E-state index contributed by atoms with van der Waals surface area (Å²) in [6.07, 6.45) is 6.48. The largest absolute Gasteiger partial charge is 0.370 e. The van der Waals surface area contributed by atoms with Gasteiger partial charge < -0.3 is 14.5 Å². The number of hydrogen-bond acceptors (Lipinski definition) is 4. The van der Waals surface area contributed by atoms with Crippen molar-refractivity contribution in [3.8, 4) is 11.4 Å². The molecule has 0 aliphatic carbocycles. The Balaban J connectivity index is 1.40. The molecular formula is C23H21N5O. The summed E-state index contributed by atoms with van der Waals surface area (Å²) in [4.78, 5) is 27.5. The summed E-state index contributed by atoms with van der Waals surface area (Å²) in [5.74, 6) is 1.46. The maximum Gasteiger partial charge on any atom is 0.261 e. The Kier molecular flexibility index (Phi) is 3.59. The van der Waals surface area contributed by atoms with E-state index in [1.165, 1.54) is 11.1 Å². The third kappa shape index (κ3) is 2.59. The average Bonchev–Trinajstić information content (AvgIpc) is 3.28. The third-order valence-corrected chi connectivity index (χ3v) is 6.32. The van der Waals surface area contributed by atoms with E-state index in [0.29, 0.717) is 23.2 Å². The van der Waals surface area contributed by atoms with E-state index in [-0.39, 0.29) is 5.56 Å². The Hall–Kier alpha value is -3.41. The van der Waals surface area contributed by atoms with Crippen LogP contribution in [0.3, 0.4) is 0 Å². The van der Waals surface area contributed by atoms with Gasteiger partial charge >= 0.3 is 0 Å². The molecule has 5 heterocycles. The van der Waals surface area contributed by atoms with Crippen LogP contribution in [0.5, 0.6) is 0 Å².